The molecule has 13 N–H and O–H groups in total. The van der Waals surface area contributed by atoms with E-state index in [1.54, 1.807) is 0 Å². The predicted molar refractivity (Wildman–Crippen MR) is 256 cm³/mol. The van der Waals surface area contributed by atoms with Crippen molar-refractivity contribution in [3.8, 4) is 0 Å². The van der Waals surface area contributed by atoms with Crippen LogP contribution in [0.1, 0.15) is 99.8 Å². The number of aliphatic hydroxyl groups is 13. The molecule has 430 valence electrons. The Morgan fingerprint density at radius 3 is 1.89 bits per heavy atom. The topological polar surface area (TPSA) is 346 Å². The highest BCUT2D eigenvalue weighted by molar-refractivity contribution is 5.36. The van der Waals surface area contributed by atoms with Crippen LogP contribution in [-0.2, 0) is 42.6 Å². The normalized spacial score (nSPS) is 58.3. The van der Waals surface area contributed by atoms with Gasteiger partial charge in [0.1, 0.15) is 85.5 Å². The molecular weight excluding hydrogens is 989 g/mol. The van der Waals surface area contributed by atoms with Crippen LogP contribution in [0.3, 0.4) is 0 Å². The van der Waals surface area contributed by atoms with Crippen LogP contribution in [0.5, 0.6) is 0 Å². The fraction of sp³-hybridized carbons (Fsp3) is 0.962. The molecule has 10 aliphatic rings. The van der Waals surface area contributed by atoms with Crippen molar-refractivity contribution < 1.29 is 109 Å². The second-order valence-corrected chi connectivity index (χ2v) is 26.1. The number of rotatable bonds is 11. The molecule has 5 saturated heterocycles. The number of allylic oxidation sites excluding steroid dienone is 1. The van der Waals surface area contributed by atoms with Crippen molar-refractivity contribution >= 4 is 0 Å². The zero-order valence-corrected chi connectivity index (χ0v) is 44.2. The van der Waals surface area contributed by atoms with E-state index in [1.807, 2.05) is 6.92 Å². The van der Waals surface area contributed by atoms with Gasteiger partial charge in [-0.2, -0.15) is 0 Å². The lowest BCUT2D eigenvalue weighted by Crippen LogP contribution is -2.72. The van der Waals surface area contributed by atoms with Crippen molar-refractivity contribution in [2.75, 3.05) is 33.0 Å². The van der Waals surface area contributed by atoms with Crippen LogP contribution in [0.15, 0.2) is 12.2 Å². The smallest absolute Gasteiger partial charge is 0.187 e. The molecule has 1 spiro atoms. The minimum absolute atomic E-state index is 0.0256. The molecule has 0 amide bonds. The van der Waals surface area contributed by atoms with Gasteiger partial charge in [0.05, 0.1) is 56.9 Å². The number of aliphatic hydroxyl groups excluding tert-OH is 13. The Kier molecular flexibility index (Phi) is 15.3. The van der Waals surface area contributed by atoms with E-state index in [0.717, 1.165) is 25.7 Å². The molecule has 22 nitrogen and oxygen atoms in total. The van der Waals surface area contributed by atoms with Gasteiger partial charge >= 0.3 is 0 Å². The molecule has 9 fully saturated rings. The van der Waals surface area contributed by atoms with E-state index in [0.29, 0.717) is 32.3 Å². The molecule has 5 aliphatic heterocycles. The quantitative estimate of drug-likeness (QED) is 0.0791. The van der Waals surface area contributed by atoms with E-state index < -0.39 is 165 Å². The average molecular weight is 1080 g/mol. The average Bonchev–Trinajstić information content (AvgIpc) is 3.65. The standard InChI is InChI=1S/C53H86O22/c1-23-32(59)41(74-45-39(66)36(63)40(26(19-55)71-45)73-43-37(64)33(60)24(57)20-67-43)42(75-44-38(65)35(62)34(61)25(18-54)70-44)46(69-23)72-31-10-11-48(4)27(49(31,5)21-56)8-12-50(6)28(48)9-13-53-29-16-47(2,3)14-15-52(29,22-68-53)30(58)17-51(50,53)7/h9,13,23-46,54-66H,8,10-12,14-22H2,1-7H3/t23-,24-,25+,26-,27+,28+,29-,30+,31+,32-,33-,34+,35+,36+,37-,38+,39+,40-,41-,42-,43-,44+,45-,46-,48-,49-,50-,51+,52+,53-/m1/s1. The Balaban J connectivity index is 0.937. The molecule has 0 radical (unpaired) electrons. The fourth-order valence-electron chi connectivity index (χ4n) is 17.0. The molecular formula is C53H86O22. The molecule has 0 aromatic carbocycles. The Bertz CT molecular complexity index is 2070. The first kappa shape index (κ1) is 57.1. The van der Waals surface area contributed by atoms with E-state index in [4.69, 9.17) is 42.6 Å². The lowest BCUT2D eigenvalue weighted by atomic mass is 9.32. The van der Waals surface area contributed by atoms with E-state index in [2.05, 4.69) is 46.8 Å². The highest BCUT2D eigenvalue weighted by Gasteiger charge is 2.79. The minimum atomic E-state index is -2.00. The number of hydrogen-bond donors (Lipinski definition) is 13. The van der Waals surface area contributed by atoms with Crippen LogP contribution in [0, 0.1) is 50.2 Å². The Labute approximate surface area is 437 Å². The van der Waals surface area contributed by atoms with Crippen LogP contribution in [0.25, 0.3) is 0 Å². The van der Waals surface area contributed by atoms with Gasteiger partial charge in [0.25, 0.3) is 0 Å². The van der Waals surface area contributed by atoms with Crippen molar-refractivity contribution in [2.45, 2.75) is 234 Å². The highest BCUT2D eigenvalue weighted by atomic mass is 16.8. The zero-order chi connectivity index (χ0) is 54.3. The minimum Gasteiger partial charge on any atom is -0.396 e. The molecule has 22 heteroatoms. The second kappa shape index (κ2) is 20.1. The van der Waals surface area contributed by atoms with Gasteiger partial charge in [0, 0.05) is 22.2 Å². The van der Waals surface area contributed by atoms with Crippen LogP contribution < -0.4 is 0 Å². The van der Waals surface area contributed by atoms with Gasteiger partial charge in [-0.15, -0.1) is 0 Å². The highest BCUT2D eigenvalue weighted by Crippen LogP contribution is 2.79. The van der Waals surface area contributed by atoms with Crippen LogP contribution >= 0.6 is 0 Å². The van der Waals surface area contributed by atoms with Gasteiger partial charge in [-0.1, -0.05) is 53.7 Å². The zero-order valence-electron chi connectivity index (χ0n) is 44.2. The summed E-state index contributed by atoms with van der Waals surface area (Å²) in [6, 6.07) is 0. The third-order valence-electron chi connectivity index (χ3n) is 21.8. The Hall–Kier alpha value is -1.14. The monoisotopic (exact) mass is 1070 g/mol. The van der Waals surface area contributed by atoms with E-state index in [1.165, 1.54) is 6.92 Å². The summed E-state index contributed by atoms with van der Waals surface area (Å²) in [6.45, 7) is 13.4. The molecule has 5 aliphatic carbocycles. The summed E-state index contributed by atoms with van der Waals surface area (Å²) in [6.07, 6.45) is -22.2. The van der Waals surface area contributed by atoms with Gasteiger partial charge in [0.15, 0.2) is 25.2 Å². The summed E-state index contributed by atoms with van der Waals surface area (Å²) < 4.78 is 56.1. The molecule has 5 heterocycles. The summed E-state index contributed by atoms with van der Waals surface area (Å²) in [7, 11) is 0. The second-order valence-electron chi connectivity index (χ2n) is 26.1. The van der Waals surface area contributed by atoms with E-state index in [9.17, 15) is 66.4 Å². The van der Waals surface area contributed by atoms with Crippen molar-refractivity contribution in [3.63, 3.8) is 0 Å². The van der Waals surface area contributed by atoms with Crippen molar-refractivity contribution in [1.82, 2.24) is 0 Å². The summed E-state index contributed by atoms with van der Waals surface area (Å²) in [5.74, 6) is 0.0623. The molecule has 0 unspecified atom stereocenters. The lowest BCUT2D eigenvalue weighted by Gasteiger charge is -2.73. The summed E-state index contributed by atoms with van der Waals surface area (Å²) in [5, 5.41) is 143. The summed E-state index contributed by atoms with van der Waals surface area (Å²) >= 11 is 0. The molecule has 4 saturated carbocycles. The molecule has 75 heavy (non-hydrogen) atoms. The fourth-order valence-corrected chi connectivity index (χ4v) is 17.0. The van der Waals surface area contributed by atoms with Crippen LogP contribution in [-0.4, -0.2) is 234 Å². The first-order chi connectivity index (χ1) is 35.2. The maximum atomic E-state index is 12.3. The molecule has 0 aromatic heterocycles. The van der Waals surface area contributed by atoms with Crippen LogP contribution in [0.4, 0.5) is 0 Å². The number of fused-ring (bicyclic) bond motifs is 4. The number of ether oxygens (including phenoxy) is 9. The SMILES string of the molecule is C[C@H]1O[C@H](O[C@H]2CC[C@]3(C)[C@H](CC[C@]4(C)[C@H]3C=C[C@@]35OC[C@]6(CCC(C)(C)C[C@H]63)[C@@H](O)C[C@@]45C)[C@@]2(C)CO)[C@H](O[C@@H]2O[C@@H](CO)[C@H](O)[C@H](O)[C@@H]2O)[C@H](O[C@H]2O[C@H](CO)[C@@H](O[C@H]3OC[C@@H](O)[C@@H](O)[C@H]3O)[C@@H](O)[C@@H]2O)[C@@H]1O. The first-order valence-corrected chi connectivity index (χ1v) is 27.4. The summed E-state index contributed by atoms with van der Waals surface area (Å²) in [4.78, 5) is 0. The van der Waals surface area contributed by atoms with Crippen LogP contribution in [0.2, 0.25) is 0 Å². The predicted octanol–water partition coefficient (Wildman–Crippen LogP) is -1.94. The largest absolute Gasteiger partial charge is 0.396 e. The van der Waals surface area contributed by atoms with Gasteiger partial charge in [0.2, 0.25) is 0 Å². The summed E-state index contributed by atoms with van der Waals surface area (Å²) in [5.41, 5.74) is -2.76. The molecule has 0 aromatic rings. The van der Waals surface area contributed by atoms with Gasteiger partial charge in [-0.05, 0) is 86.4 Å². The van der Waals surface area contributed by atoms with E-state index in [-0.39, 0.29) is 46.0 Å². The van der Waals surface area contributed by atoms with Crippen molar-refractivity contribution in [1.29, 1.82) is 0 Å². The lowest BCUT2D eigenvalue weighted by molar-refractivity contribution is -0.402. The van der Waals surface area contributed by atoms with Crippen molar-refractivity contribution in [3.05, 3.63) is 12.2 Å². The Morgan fingerprint density at radius 1 is 0.573 bits per heavy atom. The maximum Gasteiger partial charge on any atom is 0.187 e. The maximum absolute atomic E-state index is 12.3. The van der Waals surface area contributed by atoms with E-state index >= 15 is 0 Å². The van der Waals surface area contributed by atoms with Gasteiger partial charge in [-0.3, -0.25) is 0 Å². The van der Waals surface area contributed by atoms with Gasteiger partial charge < -0.3 is 109 Å². The molecule has 10 rings (SSSR count). The number of hydrogen-bond acceptors (Lipinski definition) is 22. The third kappa shape index (κ3) is 8.55. The molecule has 2 bridgehead atoms. The first-order valence-electron chi connectivity index (χ1n) is 27.4. The molecule has 30 atom stereocenters. The van der Waals surface area contributed by atoms with Gasteiger partial charge in [-0.25, -0.2) is 0 Å². The Morgan fingerprint density at radius 2 is 1.21 bits per heavy atom. The third-order valence-corrected chi connectivity index (χ3v) is 21.8. The van der Waals surface area contributed by atoms with Crippen molar-refractivity contribution in [2.24, 2.45) is 50.2 Å².